The third-order valence-electron chi connectivity index (χ3n) is 4.74. The lowest BCUT2D eigenvalue weighted by atomic mass is 9.86. The molecule has 0 unspecified atom stereocenters. The molecule has 3 rings (SSSR count). The number of hydrogen-bond donors (Lipinski definition) is 1. The zero-order valence-corrected chi connectivity index (χ0v) is 15.8. The first-order valence-corrected chi connectivity index (χ1v) is 8.80. The number of rotatable bonds is 2. The molecule has 0 bridgehead atoms. The lowest BCUT2D eigenvalue weighted by molar-refractivity contribution is -0.0816. The maximum Gasteiger partial charge on any atom is 0.431 e. The van der Waals surface area contributed by atoms with Crippen molar-refractivity contribution in [2.24, 2.45) is 5.10 Å². The van der Waals surface area contributed by atoms with E-state index in [4.69, 9.17) is 0 Å². The Labute approximate surface area is 161 Å². The van der Waals surface area contributed by atoms with E-state index in [1.165, 1.54) is 24.3 Å². The van der Waals surface area contributed by atoms with Crippen LogP contribution in [0.3, 0.4) is 0 Å². The largest absolute Gasteiger partial charge is 0.431 e. The number of hydrazone groups is 1. The van der Waals surface area contributed by atoms with Crippen LogP contribution in [0.2, 0.25) is 0 Å². The number of carbonyl (C=O) groups is 1. The molecule has 4 nitrogen and oxygen atoms in total. The molecule has 148 valence electrons. The number of hydrogen-bond acceptors (Lipinski definition) is 3. The summed E-state index contributed by atoms with van der Waals surface area (Å²) in [5.41, 5.74) is -2.25. The highest BCUT2D eigenvalue weighted by Gasteiger charge is 2.53. The van der Waals surface area contributed by atoms with E-state index in [0.717, 1.165) is 5.56 Å². The summed E-state index contributed by atoms with van der Waals surface area (Å²) < 4.78 is 39.8. The molecule has 1 aliphatic heterocycles. The van der Waals surface area contributed by atoms with Gasteiger partial charge in [-0.15, -0.1) is 0 Å². The van der Waals surface area contributed by atoms with Crippen LogP contribution in [0.15, 0.2) is 59.7 Å². The van der Waals surface area contributed by atoms with Crippen molar-refractivity contribution in [1.82, 2.24) is 5.01 Å². The van der Waals surface area contributed by atoms with E-state index in [9.17, 15) is 23.1 Å². The highest BCUT2D eigenvalue weighted by Crippen LogP contribution is 2.40. The van der Waals surface area contributed by atoms with Crippen LogP contribution in [0, 0.1) is 0 Å². The van der Waals surface area contributed by atoms with E-state index in [0.29, 0.717) is 5.01 Å². The third-order valence-corrected chi connectivity index (χ3v) is 4.74. The van der Waals surface area contributed by atoms with Crippen LogP contribution in [0.1, 0.15) is 48.7 Å². The van der Waals surface area contributed by atoms with Crippen molar-refractivity contribution >= 4 is 11.6 Å². The van der Waals surface area contributed by atoms with Crippen LogP contribution >= 0.6 is 0 Å². The van der Waals surface area contributed by atoms with Crippen LogP contribution in [0.25, 0.3) is 0 Å². The highest BCUT2D eigenvalue weighted by atomic mass is 19.4. The van der Waals surface area contributed by atoms with E-state index in [-0.39, 0.29) is 16.5 Å². The average Bonchev–Trinajstić information content (AvgIpc) is 3.00. The molecule has 0 fully saturated rings. The number of carbonyl (C=O) groups excluding carboxylic acids is 1. The molecule has 7 heteroatoms. The van der Waals surface area contributed by atoms with Crippen LogP contribution < -0.4 is 0 Å². The Kier molecular flexibility index (Phi) is 4.83. The van der Waals surface area contributed by atoms with Gasteiger partial charge in [0.25, 0.3) is 5.91 Å². The minimum absolute atomic E-state index is 0.137. The number of benzene rings is 2. The molecular formula is C21H21F3N2O2. The van der Waals surface area contributed by atoms with Gasteiger partial charge < -0.3 is 5.11 Å². The first-order valence-electron chi connectivity index (χ1n) is 8.80. The highest BCUT2D eigenvalue weighted by molar-refractivity contribution is 5.99. The lowest BCUT2D eigenvalue weighted by Gasteiger charge is -2.31. The molecule has 0 radical (unpaired) electrons. The SMILES string of the molecule is CC(C)(C)c1ccc(C(=O)N2N=C(C(F)(F)F)C[C@@]2(O)c2ccccc2)cc1. The van der Waals surface area contributed by atoms with E-state index in [1.807, 2.05) is 20.8 Å². The number of aliphatic hydroxyl groups is 1. The summed E-state index contributed by atoms with van der Waals surface area (Å²) in [6.45, 7) is 6.04. The summed E-state index contributed by atoms with van der Waals surface area (Å²) in [4.78, 5) is 13.0. The average molecular weight is 390 g/mol. The quantitative estimate of drug-likeness (QED) is 0.815. The molecule has 1 N–H and O–H groups in total. The van der Waals surface area contributed by atoms with Gasteiger partial charge in [0, 0.05) is 11.1 Å². The Morgan fingerprint density at radius 2 is 1.61 bits per heavy atom. The van der Waals surface area contributed by atoms with Crippen molar-refractivity contribution in [2.75, 3.05) is 0 Å². The zero-order chi connectivity index (χ0) is 20.7. The molecular weight excluding hydrogens is 369 g/mol. The molecule has 28 heavy (non-hydrogen) atoms. The Hall–Kier alpha value is -2.67. The predicted molar refractivity (Wildman–Crippen MR) is 99.8 cm³/mol. The fraction of sp³-hybridized carbons (Fsp3) is 0.333. The van der Waals surface area contributed by atoms with Gasteiger partial charge in [-0.25, -0.2) is 0 Å². The minimum Gasteiger partial charge on any atom is -0.365 e. The molecule has 1 heterocycles. The molecule has 0 saturated heterocycles. The molecule has 1 amide bonds. The summed E-state index contributed by atoms with van der Waals surface area (Å²) in [6.07, 6.45) is -5.57. The number of nitrogens with zero attached hydrogens (tertiary/aromatic N) is 2. The fourth-order valence-corrected chi connectivity index (χ4v) is 3.08. The Balaban J connectivity index is 2.02. The van der Waals surface area contributed by atoms with Crippen molar-refractivity contribution in [3.8, 4) is 0 Å². The predicted octanol–water partition coefficient (Wildman–Crippen LogP) is 4.59. The third kappa shape index (κ3) is 3.67. The van der Waals surface area contributed by atoms with Crippen molar-refractivity contribution < 1.29 is 23.1 Å². The van der Waals surface area contributed by atoms with E-state index in [1.54, 1.807) is 30.3 Å². The first kappa shape index (κ1) is 20.1. The monoisotopic (exact) mass is 390 g/mol. The summed E-state index contributed by atoms with van der Waals surface area (Å²) >= 11 is 0. The van der Waals surface area contributed by atoms with Crippen LogP contribution in [-0.4, -0.2) is 27.9 Å². The van der Waals surface area contributed by atoms with Crippen molar-refractivity contribution in [3.63, 3.8) is 0 Å². The maximum absolute atomic E-state index is 13.3. The first-order chi connectivity index (χ1) is 12.9. The lowest BCUT2D eigenvalue weighted by Crippen LogP contribution is -2.43. The smallest absolute Gasteiger partial charge is 0.365 e. The molecule has 1 aliphatic rings. The van der Waals surface area contributed by atoms with Crippen molar-refractivity contribution in [1.29, 1.82) is 0 Å². The topological polar surface area (TPSA) is 52.9 Å². The van der Waals surface area contributed by atoms with Gasteiger partial charge in [-0.3, -0.25) is 4.79 Å². The summed E-state index contributed by atoms with van der Waals surface area (Å²) in [6, 6.07) is 14.4. The Morgan fingerprint density at radius 3 is 2.11 bits per heavy atom. The van der Waals surface area contributed by atoms with E-state index >= 15 is 0 Å². The fourth-order valence-electron chi connectivity index (χ4n) is 3.08. The standard InChI is InChI=1S/C21H21F3N2O2/c1-19(2,3)15-11-9-14(10-12-15)18(27)26-20(28,16-7-5-4-6-8-16)13-17(25-26)21(22,23)24/h4-12,28H,13H2,1-3H3/t20-/m1/s1. The van der Waals surface area contributed by atoms with Gasteiger partial charge in [0.2, 0.25) is 0 Å². The second kappa shape index (κ2) is 6.74. The maximum atomic E-state index is 13.3. The van der Waals surface area contributed by atoms with Crippen LogP contribution in [0.5, 0.6) is 0 Å². The Morgan fingerprint density at radius 1 is 1.04 bits per heavy atom. The summed E-state index contributed by atoms with van der Waals surface area (Å²) in [5.74, 6) is -0.800. The number of alkyl halides is 3. The van der Waals surface area contributed by atoms with Gasteiger partial charge in [0.15, 0.2) is 5.72 Å². The summed E-state index contributed by atoms with van der Waals surface area (Å²) in [5, 5.41) is 15.1. The number of amides is 1. The van der Waals surface area contributed by atoms with Crippen molar-refractivity contribution in [2.45, 2.75) is 44.5 Å². The molecule has 0 aliphatic carbocycles. The molecule has 0 aromatic heterocycles. The normalized spacial score (nSPS) is 20.2. The van der Waals surface area contributed by atoms with Gasteiger partial charge in [-0.05, 0) is 23.1 Å². The molecule has 2 aromatic rings. The van der Waals surface area contributed by atoms with Gasteiger partial charge >= 0.3 is 6.18 Å². The van der Waals surface area contributed by atoms with E-state index in [2.05, 4.69) is 5.10 Å². The molecule has 1 atom stereocenters. The Bertz CT molecular complexity index is 900. The molecule has 2 aromatic carbocycles. The van der Waals surface area contributed by atoms with Gasteiger partial charge in [-0.1, -0.05) is 63.2 Å². The molecule has 0 saturated carbocycles. The zero-order valence-electron chi connectivity index (χ0n) is 15.8. The van der Waals surface area contributed by atoms with Gasteiger partial charge in [-0.2, -0.15) is 23.3 Å². The van der Waals surface area contributed by atoms with Crippen LogP contribution in [-0.2, 0) is 11.1 Å². The minimum atomic E-state index is -4.74. The van der Waals surface area contributed by atoms with E-state index < -0.39 is 29.9 Å². The summed E-state index contributed by atoms with van der Waals surface area (Å²) in [7, 11) is 0. The second-order valence-corrected chi connectivity index (χ2v) is 7.85. The van der Waals surface area contributed by atoms with Gasteiger partial charge in [0.05, 0.1) is 6.42 Å². The second-order valence-electron chi connectivity index (χ2n) is 7.85. The molecule has 0 spiro atoms. The number of halogens is 3. The van der Waals surface area contributed by atoms with Gasteiger partial charge in [0.1, 0.15) is 5.71 Å². The van der Waals surface area contributed by atoms with Crippen LogP contribution in [0.4, 0.5) is 13.2 Å². The van der Waals surface area contributed by atoms with Crippen molar-refractivity contribution in [3.05, 3.63) is 71.3 Å².